The molecule has 80 valence electrons. The van der Waals surface area contributed by atoms with Gasteiger partial charge in [0.25, 0.3) is 0 Å². The van der Waals surface area contributed by atoms with Crippen molar-refractivity contribution >= 4 is 0 Å². The summed E-state index contributed by atoms with van der Waals surface area (Å²) in [5.41, 5.74) is 5.31. The minimum Gasteiger partial charge on any atom is -0.390 e. The highest BCUT2D eigenvalue weighted by Crippen LogP contribution is 2.14. The molecule has 0 aliphatic carbocycles. The Morgan fingerprint density at radius 1 is 1.54 bits per heavy atom. The van der Waals surface area contributed by atoms with E-state index in [9.17, 15) is 5.11 Å². The maximum Gasteiger partial charge on any atom is 0.0789 e. The van der Waals surface area contributed by atoms with Gasteiger partial charge in [0.15, 0.2) is 0 Å². The summed E-state index contributed by atoms with van der Waals surface area (Å²) in [7, 11) is 0. The Labute approximate surface area is 81.9 Å². The topological polar surface area (TPSA) is 49.5 Å². The van der Waals surface area contributed by atoms with Crippen molar-refractivity contribution in [1.82, 2.24) is 4.90 Å². The van der Waals surface area contributed by atoms with Gasteiger partial charge in [-0.25, -0.2) is 0 Å². The highest BCUT2D eigenvalue weighted by Gasteiger charge is 2.19. The summed E-state index contributed by atoms with van der Waals surface area (Å²) in [6.45, 7) is 9.62. The van der Waals surface area contributed by atoms with Gasteiger partial charge in [0, 0.05) is 19.6 Å². The summed E-state index contributed by atoms with van der Waals surface area (Å²) in [5, 5.41) is 9.24. The van der Waals surface area contributed by atoms with Crippen LogP contribution in [0.5, 0.6) is 0 Å². The number of hydrogen-bond donors (Lipinski definition) is 2. The average molecular weight is 188 g/mol. The van der Waals surface area contributed by atoms with Crippen LogP contribution in [0.1, 0.15) is 27.2 Å². The van der Waals surface area contributed by atoms with Gasteiger partial charge in [-0.15, -0.1) is 0 Å². The molecule has 3 heteroatoms. The summed E-state index contributed by atoms with van der Waals surface area (Å²) in [6, 6.07) is 0. The largest absolute Gasteiger partial charge is 0.390 e. The number of nitrogens with zero attached hydrogens (tertiary/aromatic N) is 1. The fourth-order valence-corrected chi connectivity index (χ4v) is 1.56. The number of likely N-dealkylation sites (tertiary alicyclic amines) is 1. The van der Waals surface area contributed by atoms with E-state index >= 15 is 0 Å². The molecule has 0 saturated carbocycles. The number of aliphatic hydroxyl groups excluding tert-OH is 1. The minimum absolute atomic E-state index is 0.333. The highest BCUT2D eigenvalue weighted by atomic mass is 16.3. The van der Waals surface area contributed by atoms with E-state index in [0.29, 0.717) is 6.54 Å². The van der Waals surface area contributed by atoms with Crippen LogP contribution in [0.3, 0.4) is 0 Å². The van der Waals surface area contributed by atoms with Crippen LogP contribution in [0.15, 0.2) is 0 Å². The number of rotatable bonds is 3. The molecule has 0 bridgehead atoms. The fraction of sp³-hybridized carbons (Fsp3) is 1.00. The number of β-amino-alcohol motifs (C(OH)–C–C–N with tert-alkyl or cyclic N) is 1. The maximum atomic E-state index is 9.24. The van der Waals surface area contributed by atoms with E-state index in [0.717, 1.165) is 25.6 Å². The maximum absolute atomic E-state index is 9.24. The van der Waals surface area contributed by atoms with E-state index in [1.165, 1.54) is 6.42 Å². The third kappa shape index (κ3) is 5.24. The predicted octanol–water partition coefficient (Wildman–Crippen LogP) is 0.674. The third-order valence-electron chi connectivity index (χ3n) is 2.25. The van der Waals surface area contributed by atoms with Crippen LogP contribution in [0.4, 0.5) is 0 Å². The number of nitrogens with two attached hydrogens (primary N) is 1. The molecule has 0 aromatic rings. The quantitative estimate of drug-likeness (QED) is 0.684. The molecule has 2 atom stereocenters. The Kier molecular flexibility index (Phi) is 7.23. The van der Waals surface area contributed by atoms with Gasteiger partial charge in [-0.05, 0) is 18.9 Å². The molecule has 1 rings (SSSR count). The second-order valence-electron chi connectivity index (χ2n) is 3.54. The van der Waals surface area contributed by atoms with Crippen LogP contribution in [0.25, 0.3) is 0 Å². The second kappa shape index (κ2) is 7.30. The van der Waals surface area contributed by atoms with E-state index in [-0.39, 0.29) is 6.10 Å². The molecule has 3 N–H and O–H groups in total. The standard InChI is InChI=1S/C8H18N2O.C2H6/c1-7-2-3-10(5-7)6-8(11)4-9;1-2/h7-8,11H,2-6,9H2,1H3;1-2H3. The molecule has 0 spiro atoms. The van der Waals surface area contributed by atoms with Gasteiger partial charge < -0.3 is 15.7 Å². The summed E-state index contributed by atoms with van der Waals surface area (Å²) in [4.78, 5) is 2.28. The van der Waals surface area contributed by atoms with Crippen molar-refractivity contribution in [2.24, 2.45) is 11.7 Å². The molecule has 2 unspecified atom stereocenters. The van der Waals surface area contributed by atoms with Crippen molar-refractivity contribution in [2.75, 3.05) is 26.2 Å². The first-order chi connectivity index (χ1) is 6.22. The van der Waals surface area contributed by atoms with Crippen LogP contribution >= 0.6 is 0 Å². The molecule has 1 fully saturated rings. The van der Waals surface area contributed by atoms with E-state index in [1.807, 2.05) is 13.8 Å². The molecule has 13 heavy (non-hydrogen) atoms. The Morgan fingerprint density at radius 2 is 2.15 bits per heavy atom. The van der Waals surface area contributed by atoms with Gasteiger partial charge in [-0.2, -0.15) is 0 Å². The zero-order valence-corrected chi connectivity index (χ0v) is 9.16. The molecule has 3 nitrogen and oxygen atoms in total. The molecule has 1 heterocycles. The first-order valence-corrected chi connectivity index (χ1v) is 5.33. The van der Waals surface area contributed by atoms with E-state index < -0.39 is 0 Å². The van der Waals surface area contributed by atoms with Crippen molar-refractivity contribution in [3.8, 4) is 0 Å². The Bertz CT molecular complexity index is 119. The Morgan fingerprint density at radius 3 is 2.54 bits per heavy atom. The number of aliphatic hydroxyl groups is 1. The van der Waals surface area contributed by atoms with Crippen LogP contribution in [0, 0.1) is 5.92 Å². The van der Waals surface area contributed by atoms with Crippen molar-refractivity contribution in [3.63, 3.8) is 0 Å². The SMILES string of the molecule is CC.CC1CCN(CC(O)CN)C1. The normalized spacial score (nSPS) is 25.2. The Hall–Kier alpha value is -0.120. The van der Waals surface area contributed by atoms with Gasteiger partial charge in [-0.1, -0.05) is 20.8 Å². The molecule has 0 radical (unpaired) electrons. The van der Waals surface area contributed by atoms with Gasteiger partial charge in [0.1, 0.15) is 0 Å². The molecular formula is C10H24N2O. The molecule has 1 saturated heterocycles. The smallest absolute Gasteiger partial charge is 0.0789 e. The van der Waals surface area contributed by atoms with Gasteiger partial charge in [0.05, 0.1) is 6.10 Å². The van der Waals surface area contributed by atoms with Crippen LogP contribution in [0.2, 0.25) is 0 Å². The monoisotopic (exact) mass is 188 g/mol. The van der Waals surface area contributed by atoms with Crippen molar-refractivity contribution in [1.29, 1.82) is 0 Å². The van der Waals surface area contributed by atoms with E-state index in [4.69, 9.17) is 5.73 Å². The summed E-state index contributed by atoms with van der Waals surface area (Å²) < 4.78 is 0. The lowest BCUT2D eigenvalue weighted by Crippen LogP contribution is -2.35. The van der Waals surface area contributed by atoms with Gasteiger partial charge >= 0.3 is 0 Å². The molecule has 0 aromatic carbocycles. The zero-order valence-electron chi connectivity index (χ0n) is 9.16. The summed E-state index contributed by atoms with van der Waals surface area (Å²) >= 11 is 0. The summed E-state index contributed by atoms with van der Waals surface area (Å²) in [6.07, 6.45) is 0.928. The van der Waals surface area contributed by atoms with Crippen LogP contribution in [-0.4, -0.2) is 42.3 Å². The zero-order chi connectivity index (χ0) is 10.3. The van der Waals surface area contributed by atoms with Crippen LogP contribution < -0.4 is 5.73 Å². The fourth-order valence-electron chi connectivity index (χ4n) is 1.56. The molecule has 0 aromatic heterocycles. The predicted molar refractivity (Wildman–Crippen MR) is 56.6 cm³/mol. The molecule has 1 aliphatic heterocycles. The first-order valence-electron chi connectivity index (χ1n) is 5.33. The summed E-state index contributed by atoms with van der Waals surface area (Å²) in [5.74, 6) is 0.792. The lowest BCUT2D eigenvalue weighted by molar-refractivity contribution is 0.130. The van der Waals surface area contributed by atoms with Gasteiger partial charge in [-0.3, -0.25) is 0 Å². The lowest BCUT2D eigenvalue weighted by atomic mass is 10.2. The highest BCUT2D eigenvalue weighted by molar-refractivity contribution is 4.74. The van der Waals surface area contributed by atoms with Crippen LogP contribution in [-0.2, 0) is 0 Å². The van der Waals surface area contributed by atoms with Gasteiger partial charge in [0.2, 0.25) is 0 Å². The first kappa shape index (κ1) is 12.9. The van der Waals surface area contributed by atoms with Crippen molar-refractivity contribution in [2.45, 2.75) is 33.3 Å². The van der Waals surface area contributed by atoms with E-state index in [1.54, 1.807) is 0 Å². The minimum atomic E-state index is -0.333. The second-order valence-corrected chi connectivity index (χ2v) is 3.54. The number of hydrogen-bond acceptors (Lipinski definition) is 3. The molecular weight excluding hydrogens is 164 g/mol. The van der Waals surface area contributed by atoms with Crippen molar-refractivity contribution in [3.05, 3.63) is 0 Å². The average Bonchev–Trinajstić information content (AvgIpc) is 2.54. The molecule has 1 aliphatic rings. The van der Waals surface area contributed by atoms with Crippen molar-refractivity contribution < 1.29 is 5.11 Å². The lowest BCUT2D eigenvalue weighted by Gasteiger charge is -2.18. The molecule has 0 amide bonds. The van der Waals surface area contributed by atoms with E-state index in [2.05, 4.69) is 11.8 Å². The third-order valence-corrected chi connectivity index (χ3v) is 2.25. The Balaban J connectivity index is 0.000000671.